The lowest BCUT2D eigenvalue weighted by Gasteiger charge is -2.26. The third kappa shape index (κ3) is 3.20. The Labute approximate surface area is 126 Å². The number of aromatic nitrogens is 1. The SMILES string of the molecule is CCOC(=O)c1c(C)cc(=O)n(CC2(C)CCCC2)c1C. The fourth-order valence-corrected chi connectivity index (χ4v) is 3.40. The first-order chi connectivity index (χ1) is 9.88. The molecule has 21 heavy (non-hydrogen) atoms. The number of ether oxygens (including phenoxy) is 1. The second-order valence-corrected chi connectivity index (χ2v) is 6.45. The first-order valence-electron chi connectivity index (χ1n) is 7.76. The molecule has 0 N–H and O–H groups in total. The largest absolute Gasteiger partial charge is 0.462 e. The van der Waals surface area contributed by atoms with Gasteiger partial charge in [0.1, 0.15) is 0 Å². The Hall–Kier alpha value is -1.58. The molecule has 1 heterocycles. The summed E-state index contributed by atoms with van der Waals surface area (Å²) in [6.07, 6.45) is 4.73. The Morgan fingerprint density at radius 3 is 2.52 bits per heavy atom. The molecule has 1 aliphatic carbocycles. The van der Waals surface area contributed by atoms with Gasteiger partial charge in [0.25, 0.3) is 5.56 Å². The molecule has 1 aromatic heterocycles. The minimum absolute atomic E-state index is 0.0221. The van der Waals surface area contributed by atoms with E-state index in [1.165, 1.54) is 12.8 Å². The van der Waals surface area contributed by atoms with Crippen LogP contribution in [0.3, 0.4) is 0 Å². The highest BCUT2D eigenvalue weighted by Gasteiger charge is 2.30. The van der Waals surface area contributed by atoms with E-state index in [0.29, 0.717) is 24.3 Å². The van der Waals surface area contributed by atoms with Gasteiger partial charge >= 0.3 is 5.97 Å². The topological polar surface area (TPSA) is 48.3 Å². The van der Waals surface area contributed by atoms with Gasteiger partial charge in [-0.05, 0) is 44.6 Å². The summed E-state index contributed by atoms with van der Waals surface area (Å²) in [5, 5.41) is 0. The third-order valence-electron chi connectivity index (χ3n) is 4.60. The predicted molar refractivity (Wildman–Crippen MR) is 82.7 cm³/mol. The molecule has 2 rings (SSSR count). The van der Waals surface area contributed by atoms with Gasteiger partial charge in [-0.3, -0.25) is 4.79 Å². The average molecular weight is 291 g/mol. The summed E-state index contributed by atoms with van der Waals surface area (Å²) in [5.74, 6) is -0.335. The second-order valence-electron chi connectivity index (χ2n) is 6.45. The van der Waals surface area contributed by atoms with Crippen LogP contribution in [0.1, 0.15) is 61.1 Å². The van der Waals surface area contributed by atoms with Gasteiger partial charge in [-0.25, -0.2) is 4.79 Å². The Bertz CT molecular complexity index is 595. The van der Waals surface area contributed by atoms with E-state index in [4.69, 9.17) is 4.74 Å². The van der Waals surface area contributed by atoms with Crippen LogP contribution in [0.25, 0.3) is 0 Å². The fourth-order valence-electron chi connectivity index (χ4n) is 3.40. The van der Waals surface area contributed by atoms with Crippen LogP contribution in [0.15, 0.2) is 10.9 Å². The van der Waals surface area contributed by atoms with E-state index in [-0.39, 0.29) is 16.9 Å². The minimum atomic E-state index is -0.335. The number of carbonyl (C=O) groups is 1. The van der Waals surface area contributed by atoms with Crippen LogP contribution in [0.4, 0.5) is 0 Å². The summed E-state index contributed by atoms with van der Waals surface area (Å²) in [6, 6.07) is 1.55. The number of carbonyl (C=O) groups excluding carboxylic acids is 1. The van der Waals surface area contributed by atoms with Crippen LogP contribution in [-0.2, 0) is 11.3 Å². The van der Waals surface area contributed by atoms with Crippen molar-refractivity contribution in [1.29, 1.82) is 0 Å². The van der Waals surface area contributed by atoms with Gasteiger partial charge in [-0.2, -0.15) is 0 Å². The van der Waals surface area contributed by atoms with Gasteiger partial charge in [-0.1, -0.05) is 19.8 Å². The molecule has 0 aliphatic heterocycles. The zero-order chi connectivity index (χ0) is 15.6. The van der Waals surface area contributed by atoms with Gasteiger partial charge in [0, 0.05) is 18.3 Å². The molecule has 1 saturated carbocycles. The second kappa shape index (κ2) is 6.04. The molecule has 0 unspecified atom stereocenters. The maximum Gasteiger partial charge on any atom is 0.340 e. The lowest BCUT2D eigenvalue weighted by atomic mass is 9.88. The highest BCUT2D eigenvalue weighted by molar-refractivity contribution is 5.92. The monoisotopic (exact) mass is 291 g/mol. The van der Waals surface area contributed by atoms with Gasteiger partial charge in [0.05, 0.1) is 12.2 Å². The van der Waals surface area contributed by atoms with Crippen molar-refractivity contribution < 1.29 is 9.53 Å². The molecule has 1 aliphatic rings. The number of hydrogen-bond donors (Lipinski definition) is 0. The summed E-state index contributed by atoms with van der Waals surface area (Å²) in [4.78, 5) is 24.5. The molecule has 0 saturated heterocycles. The van der Waals surface area contributed by atoms with E-state index in [9.17, 15) is 9.59 Å². The van der Waals surface area contributed by atoms with E-state index in [1.54, 1.807) is 24.5 Å². The number of aryl methyl sites for hydroxylation is 1. The van der Waals surface area contributed by atoms with Gasteiger partial charge < -0.3 is 9.30 Å². The molecule has 0 radical (unpaired) electrons. The molecule has 0 atom stereocenters. The number of hydrogen-bond acceptors (Lipinski definition) is 3. The standard InChI is InChI=1S/C17H25NO3/c1-5-21-16(20)15-12(2)10-14(19)18(13(15)3)11-17(4)8-6-7-9-17/h10H,5-9,11H2,1-4H3. The summed E-state index contributed by atoms with van der Waals surface area (Å²) < 4.78 is 6.88. The Morgan fingerprint density at radius 2 is 1.95 bits per heavy atom. The van der Waals surface area contributed by atoms with E-state index < -0.39 is 0 Å². The van der Waals surface area contributed by atoms with E-state index >= 15 is 0 Å². The van der Waals surface area contributed by atoms with Crippen molar-refractivity contribution in [2.45, 2.75) is 59.9 Å². The van der Waals surface area contributed by atoms with Crippen molar-refractivity contribution in [3.63, 3.8) is 0 Å². The molecule has 0 bridgehead atoms. The first-order valence-corrected chi connectivity index (χ1v) is 7.76. The van der Waals surface area contributed by atoms with Crippen molar-refractivity contribution in [3.8, 4) is 0 Å². The summed E-state index contributed by atoms with van der Waals surface area (Å²) >= 11 is 0. The zero-order valence-electron chi connectivity index (χ0n) is 13.5. The van der Waals surface area contributed by atoms with E-state index in [2.05, 4.69) is 6.92 Å². The molecule has 0 aromatic carbocycles. The lowest BCUT2D eigenvalue weighted by Crippen LogP contribution is -2.32. The number of pyridine rings is 1. The molecule has 116 valence electrons. The minimum Gasteiger partial charge on any atom is -0.462 e. The van der Waals surface area contributed by atoms with Gasteiger partial charge in [0.2, 0.25) is 0 Å². The highest BCUT2D eigenvalue weighted by Crippen LogP contribution is 2.39. The molecule has 1 aromatic rings. The average Bonchev–Trinajstić information content (AvgIpc) is 2.82. The van der Waals surface area contributed by atoms with Crippen molar-refractivity contribution in [3.05, 3.63) is 33.2 Å². The highest BCUT2D eigenvalue weighted by atomic mass is 16.5. The van der Waals surface area contributed by atoms with Gasteiger partial charge in [0.15, 0.2) is 0 Å². The van der Waals surface area contributed by atoms with Crippen LogP contribution >= 0.6 is 0 Å². The number of esters is 1. The maximum absolute atomic E-state index is 12.3. The van der Waals surface area contributed by atoms with E-state index in [0.717, 1.165) is 18.5 Å². The quantitative estimate of drug-likeness (QED) is 0.800. The molecule has 1 fully saturated rings. The Morgan fingerprint density at radius 1 is 1.33 bits per heavy atom. The predicted octanol–water partition coefficient (Wildman–Crippen LogP) is 3.22. The summed E-state index contributed by atoms with van der Waals surface area (Å²) in [5.41, 5.74) is 2.11. The van der Waals surface area contributed by atoms with Crippen LogP contribution in [0.5, 0.6) is 0 Å². The van der Waals surface area contributed by atoms with Crippen LogP contribution in [0, 0.1) is 19.3 Å². The molecular weight excluding hydrogens is 266 g/mol. The first kappa shape index (κ1) is 15.8. The molecule has 4 heteroatoms. The molecule has 0 spiro atoms. The number of nitrogens with zero attached hydrogens (tertiary/aromatic N) is 1. The van der Waals surface area contributed by atoms with Crippen LogP contribution in [0.2, 0.25) is 0 Å². The van der Waals surface area contributed by atoms with E-state index in [1.807, 2.05) is 6.92 Å². The van der Waals surface area contributed by atoms with Gasteiger partial charge in [-0.15, -0.1) is 0 Å². The van der Waals surface area contributed by atoms with Crippen molar-refractivity contribution >= 4 is 5.97 Å². The van der Waals surface area contributed by atoms with Crippen LogP contribution in [-0.4, -0.2) is 17.1 Å². The van der Waals surface area contributed by atoms with Crippen LogP contribution < -0.4 is 5.56 Å². The molecule has 0 amide bonds. The summed E-state index contributed by atoms with van der Waals surface area (Å²) in [6.45, 7) is 8.69. The fraction of sp³-hybridized carbons (Fsp3) is 0.647. The smallest absolute Gasteiger partial charge is 0.340 e. The summed E-state index contributed by atoms with van der Waals surface area (Å²) in [7, 11) is 0. The number of rotatable bonds is 4. The maximum atomic E-state index is 12.3. The third-order valence-corrected chi connectivity index (χ3v) is 4.60. The Balaban J connectivity index is 2.44. The Kier molecular flexibility index (Phi) is 4.55. The van der Waals surface area contributed by atoms with Crippen molar-refractivity contribution in [2.24, 2.45) is 5.41 Å². The molecule has 4 nitrogen and oxygen atoms in total. The normalized spacial score (nSPS) is 17.0. The zero-order valence-corrected chi connectivity index (χ0v) is 13.5. The molecular formula is C17H25NO3. The lowest BCUT2D eigenvalue weighted by molar-refractivity contribution is 0.0522. The van der Waals surface area contributed by atoms with Crippen molar-refractivity contribution in [2.75, 3.05) is 6.61 Å². The van der Waals surface area contributed by atoms with Crippen molar-refractivity contribution in [1.82, 2.24) is 4.57 Å².